The molecule has 156 valence electrons. The highest BCUT2D eigenvalue weighted by Crippen LogP contribution is 2.31. The van der Waals surface area contributed by atoms with Crippen molar-refractivity contribution < 1.29 is 22.8 Å². The molecule has 2 aromatic carbocycles. The summed E-state index contributed by atoms with van der Waals surface area (Å²) < 4.78 is 38.1. The monoisotopic (exact) mass is 433 g/mol. The molecule has 3 rings (SSSR count). The number of nitrogens with zero attached hydrogens (tertiary/aromatic N) is 1. The maximum Gasteiger partial charge on any atom is 0.416 e. The van der Waals surface area contributed by atoms with E-state index >= 15 is 0 Å². The van der Waals surface area contributed by atoms with Crippen LogP contribution in [0.5, 0.6) is 0 Å². The molecule has 0 aliphatic heterocycles. The van der Waals surface area contributed by atoms with E-state index in [2.05, 4.69) is 15.6 Å². The average molecular weight is 433 g/mol. The van der Waals surface area contributed by atoms with Gasteiger partial charge in [0.1, 0.15) is 5.01 Å². The number of thiazole rings is 1. The Morgan fingerprint density at radius 2 is 1.70 bits per heavy atom. The smallest absolute Gasteiger partial charge is 0.359 e. The summed E-state index contributed by atoms with van der Waals surface area (Å²) >= 11 is 1.25. The SMILES string of the molecule is CNC(=O)Cc1ccccc1NC(=O)Cc1csc(-c2ccc(C(F)(F)F)cc2)n1. The maximum absolute atomic E-state index is 12.7. The Balaban J connectivity index is 1.67. The lowest BCUT2D eigenvalue weighted by Gasteiger charge is -2.10. The number of carbonyl (C=O) groups excluding carboxylic acids is 2. The quantitative estimate of drug-likeness (QED) is 0.609. The molecule has 0 radical (unpaired) electrons. The molecule has 9 heteroatoms. The summed E-state index contributed by atoms with van der Waals surface area (Å²) in [6, 6.07) is 11.8. The number of carbonyl (C=O) groups is 2. The highest BCUT2D eigenvalue weighted by atomic mass is 32.1. The number of alkyl halides is 3. The Labute approximate surface area is 175 Å². The number of hydrogen-bond donors (Lipinski definition) is 2. The third-order valence-corrected chi connectivity index (χ3v) is 5.21. The van der Waals surface area contributed by atoms with Crippen molar-refractivity contribution in [2.24, 2.45) is 0 Å². The van der Waals surface area contributed by atoms with Crippen LogP contribution in [0, 0.1) is 0 Å². The Morgan fingerprint density at radius 1 is 1.00 bits per heavy atom. The number of para-hydroxylation sites is 1. The number of amides is 2. The molecular weight excluding hydrogens is 415 g/mol. The minimum atomic E-state index is -4.39. The van der Waals surface area contributed by atoms with Crippen molar-refractivity contribution >= 4 is 28.8 Å². The van der Waals surface area contributed by atoms with Gasteiger partial charge in [-0.3, -0.25) is 9.59 Å². The van der Waals surface area contributed by atoms with Gasteiger partial charge in [-0.2, -0.15) is 13.2 Å². The number of benzene rings is 2. The standard InChI is InChI=1S/C21H18F3N3O2S/c1-25-18(28)10-14-4-2-3-5-17(14)27-19(29)11-16-12-30-20(26-16)13-6-8-15(9-7-13)21(22,23)24/h2-9,12H,10-11H2,1H3,(H,25,28)(H,27,29). The number of halogens is 3. The Kier molecular flexibility index (Phi) is 6.51. The maximum atomic E-state index is 12.7. The second-order valence-electron chi connectivity index (χ2n) is 6.45. The highest BCUT2D eigenvalue weighted by molar-refractivity contribution is 7.13. The van der Waals surface area contributed by atoms with Crippen molar-refractivity contribution in [1.82, 2.24) is 10.3 Å². The van der Waals surface area contributed by atoms with Gasteiger partial charge in [0.25, 0.3) is 0 Å². The number of anilines is 1. The van der Waals surface area contributed by atoms with E-state index in [1.54, 1.807) is 36.7 Å². The zero-order valence-corrected chi connectivity index (χ0v) is 16.7. The van der Waals surface area contributed by atoms with Gasteiger partial charge in [-0.25, -0.2) is 4.98 Å². The van der Waals surface area contributed by atoms with Crippen LogP contribution in [0.1, 0.15) is 16.8 Å². The zero-order valence-electron chi connectivity index (χ0n) is 15.9. The lowest BCUT2D eigenvalue weighted by atomic mass is 10.1. The third-order valence-electron chi connectivity index (χ3n) is 4.27. The van der Waals surface area contributed by atoms with Gasteiger partial charge in [-0.05, 0) is 23.8 Å². The van der Waals surface area contributed by atoms with Crippen LogP contribution in [-0.4, -0.2) is 23.8 Å². The zero-order chi connectivity index (χ0) is 21.7. The molecule has 0 atom stereocenters. The molecule has 3 aromatic rings. The van der Waals surface area contributed by atoms with Gasteiger partial charge in [0.15, 0.2) is 0 Å². The first-order valence-corrected chi connectivity index (χ1v) is 9.84. The first-order valence-electron chi connectivity index (χ1n) is 8.96. The van der Waals surface area contributed by atoms with Gasteiger partial charge in [-0.1, -0.05) is 30.3 Å². The molecule has 0 fully saturated rings. The van der Waals surface area contributed by atoms with Crippen LogP contribution in [0.15, 0.2) is 53.9 Å². The fourth-order valence-corrected chi connectivity index (χ4v) is 3.57. The molecule has 0 aliphatic rings. The van der Waals surface area contributed by atoms with Gasteiger partial charge >= 0.3 is 6.18 Å². The molecule has 0 aliphatic carbocycles. The normalized spacial score (nSPS) is 11.2. The summed E-state index contributed by atoms with van der Waals surface area (Å²) in [5.41, 5.74) is 1.57. The summed E-state index contributed by atoms with van der Waals surface area (Å²) in [7, 11) is 1.54. The van der Waals surface area contributed by atoms with Crippen molar-refractivity contribution in [3.63, 3.8) is 0 Å². The summed E-state index contributed by atoms with van der Waals surface area (Å²) in [6.07, 6.45) is -4.24. The van der Waals surface area contributed by atoms with Crippen LogP contribution in [0.3, 0.4) is 0 Å². The van der Waals surface area contributed by atoms with E-state index < -0.39 is 11.7 Å². The topological polar surface area (TPSA) is 71.1 Å². The molecule has 30 heavy (non-hydrogen) atoms. The molecule has 0 spiro atoms. The molecule has 0 bridgehead atoms. The van der Waals surface area contributed by atoms with Crippen LogP contribution < -0.4 is 10.6 Å². The van der Waals surface area contributed by atoms with Crippen LogP contribution in [0.25, 0.3) is 10.6 Å². The van der Waals surface area contributed by atoms with E-state index in [4.69, 9.17) is 0 Å². The number of likely N-dealkylation sites (N-methyl/N-ethyl adjacent to an activating group) is 1. The highest BCUT2D eigenvalue weighted by Gasteiger charge is 2.30. The lowest BCUT2D eigenvalue weighted by molar-refractivity contribution is -0.137. The van der Waals surface area contributed by atoms with E-state index in [1.807, 2.05) is 0 Å². The van der Waals surface area contributed by atoms with Crippen molar-refractivity contribution in [3.05, 3.63) is 70.7 Å². The Morgan fingerprint density at radius 3 is 2.37 bits per heavy atom. The van der Waals surface area contributed by atoms with E-state index in [0.717, 1.165) is 12.1 Å². The molecule has 0 saturated heterocycles. The minimum absolute atomic E-state index is 0.00540. The largest absolute Gasteiger partial charge is 0.416 e. The minimum Gasteiger partial charge on any atom is -0.359 e. The number of aromatic nitrogens is 1. The summed E-state index contributed by atoms with van der Waals surface area (Å²) in [5.74, 6) is -0.471. The first kappa shape index (κ1) is 21.5. The second-order valence-corrected chi connectivity index (χ2v) is 7.31. The molecule has 1 aromatic heterocycles. The molecule has 1 heterocycles. The first-order chi connectivity index (χ1) is 14.3. The number of hydrogen-bond acceptors (Lipinski definition) is 4. The number of nitrogens with one attached hydrogen (secondary N) is 2. The molecule has 2 N–H and O–H groups in total. The van der Waals surface area contributed by atoms with Gasteiger partial charge in [0.05, 0.1) is 24.1 Å². The predicted octanol–water partition coefficient (Wildman–Crippen LogP) is 4.30. The van der Waals surface area contributed by atoms with Crippen LogP contribution in [-0.2, 0) is 28.6 Å². The third kappa shape index (κ3) is 5.44. The second kappa shape index (κ2) is 9.08. The van der Waals surface area contributed by atoms with Crippen molar-refractivity contribution in [2.75, 3.05) is 12.4 Å². The van der Waals surface area contributed by atoms with Crippen LogP contribution in [0.4, 0.5) is 18.9 Å². The molecule has 2 amide bonds. The van der Waals surface area contributed by atoms with Crippen LogP contribution >= 0.6 is 11.3 Å². The Hall–Kier alpha value is -3.20. The van der Waals surface area contributed by atoms with E-state index in [9.17, 15) is 22.8 Å². The summed E-state index contributed by atoms with van der Waals surface area (Å²) in [4.78, 5) is 28.4. The van der Waals surface area contributed by atoms with Crippen LogP contribution in [0.2, 0.25) is 0 Å². The van der Waals surface area contributed by atoms with Crippen molar-refractivity contribution in [3.8, 4) is 10.6 Å². The van der Waals surface area contributed by atoms with E-state index in [1.165, 1.54) is 23.5 Å². The van der Waals surface area contributed by atoms with Gasteiger partial charge < -0.3 is 10.6 Å². The summed E-state index contributed by atoms with van der Waals surface area (Å²) in [5, 5.41) is 7.55. The molecular formula is C21H18F3N3O2S. The summed E-state index contributed by atoms with van der Waals surface area (Å²) in [6.45, 7) is 0. The van der Waals surface area contributed by atoms with Gasteiger partial charge in [-0.15, -0.1) is 11.3 Å². The van der Waals surface area contributed by atoms with E-state index in [-0.39, 0.29) is 24.7 Å². The Bertz CT molecular complexity index is 1050. The molecule has 0 unspecified atom stereocenters. The number of rotatable bonds is 6. The fraction of sp³-hybridized carbons (Fsp3) is 0.190. The lowest BCUT2D eigenvalue weighted by Crippen LogP contribution is -2.22. The molecule has 0 saturated carbocycles. The predicted molar refractivity (Wildman–Crippen MR) is 109 cm³/mol. The van der Waals surface area contributed by atoms with Crippen molar-refractivity contribution in [1.29, 1.82) is 0 Å². The fourth-order valence-electron chi connectivity index (χ4n) is 2.74. The van der Waals surface area contributed by atoms with E-state index in [0.29, 0.717) is 27.5 Å². The van der Waals surface area contributed by atoms with Gasteiger partial charge in [0, 0.05) is 23.7 Å². The van der Waals surface area contributed by atoms with Crippen molar-refractivity contribution in [2.45, 2.75) is 19.0 Å². The van der Waals surface area contributed by atoms with Gasteiger partial charge in [0.2, 0.25) is 11.8 Å². The average Bonchev–Trinajstić information content (AvgIpc) is 3.17. The molecule has 5 nitrogen and oxygen atoms in total.